The maximum absolute atomic E-state index is 11.5. The number of anilines is 1. The molecule has 0 aliphatic carbocycles. The molecule has 2 aromatic carbocycles. The Morgan fingerprint density at radius 1 is 1.19 bits per heavy atom. The first kappa shape index (κ1) is 22.0. The van der Waals surface area contributed by atoms with Crippen molar-refractivity contribution in [2.75, 3.05) is 45.2 Å². The Balaban J connectivity index is 1.31. The van der Waals surface area contributed by atoms with Gasteiger partial charge in [-0.1, -0.05) is 12.1 Å². The van der Waals surface area contributed by atoms with E-state index in [0.29, 0.717) is 25.5 Å². The number of methoxy groups -OCH3 is 1. The van der Waals surface area contributed by atoms with Gasteiger partial charge in [0.2, 0.25) is 5.91 Å². The molecule has 1 fully saturated rings. The first-order valence-corrected chi connectivity index (χ1v) is 11.4. The molecule has 0 aromatic heterocycles. The van der Waals surface area contributed by atoms with Gasteiger partial charge in [0, 0.05) is 37.7 Å². The van der Waals surface area contributed by atoms with E-state index in [9.17, 15) is 4.79 Å². The number of fused-ring (bicyclic) bond motifs is 1. The smallest absolute Gasteiger partial charge is 0.224 e. The summed E-state index contributed by atoms with van der Waals surface area (Å²) in [6.07, 6.45) is 2.39. The minimum atomic E-state index is 0.0765. The molecule has 2 aliphatic rings. The van der Waals surface area contributed by atoms with E-state index < -0.39 is 0 Å². The predicted octanol–water partition coefficient (Wildman–Crippen LogP) is 3.41. The number of nitrogens with zero attached hydrogens (tertiary/aromatic N) is 2. The number of aliphatic imine (C=N–C) groups is 1. The van der Waals surface area contributed by atoms with Crippen LogP contribution in [-0.2, 0) is 11.2 Å². The number of rotatable bonds is 7. The highest BCUT2D eigenvalue weighted by Crippen LogP contribution is 2.29. The lowest BCUT2D eigenvalue weighted by molar-refractivity contribution is -0.116. The molecule has 0 bridgehead atoms. The summed E-state index contributed by atoms with van der Waals surface area (Å²) in [6, 6.07) is 14.2. The zero-order chi connectivity index (χ0) is 22.3. The average Bonchev–Trinajstić information content (AvgIpc) is 3.31. The van der Waals surface area contributed by atoms with Gasteiger partial charge in [0.25, 0.3) is 0 Å². The standard InChI is InChI=1S/C25H32N4O3/c1-3-26-25(29-14-12-20(17-29)18-4-7-21(31-2)8-5-18)27-13-15-32-22-9-10-23-19(16-22)6-11-24(30)28-23/h4-5,7-10,16,20H,3,6,11-15,17H2,1-2H3,(H,26,27)(H,28,30). The number of carbonyl (C=O) groups is 1. The number of hydrogen-bond acceptors (Lipinski definition) is 4. The summed E-state index contributed by atoms with van der Waals surface area (Å²) in [7, 11) is 1.69. The first-order chi connectivity index (χ1) is 15.7. The summed E-state index contributed by atoms with van der Waals surface area (Å²) in [5, 5.41) is 6.32. The summed E-state index contributed by atoms with van der Waals surface area (Å²) in [4.78, 5) is 18.6. The van der Waals surface area contributed by atoms with Gasteiger partial charge in [0.1, 0.15) is 18.1 Å². The van der Waals surface area contributed by atoms with E-state index in [1.165, 1.54) is 5.56 Å². The monoisotopic (exact) mass is 436 g/mol. The molecule has 4 rings (SSSR count). The SMILES string of the molecule is CCNC(=NCCOc1ccc2c(c1)CCC(=O)N2)N1CCC(c2ccc(OC)cc2)C1. The first-order valence-electron chi connectivity index (χ1n) is 11.4. The van der Waals surface area contributed by atoms with E-state index >= 15 is 0 Å². The number of likely N-dealkylation sites (tertiary alicyclic amines) is 1. The summed E-state index contributed by atoms with van der Waals surface area (Å²) < 4.78 is 11.2. The molecule has 1 atom stereocenters. The number of benzene rings is 2. The van der Waals surface area contributed by atoms with Crippen LogP contribution in [0.15, 0.2) is 47.5 Å². The number of carbonyl (C=O) groups excluding carboxylic acids is 1. The molecule has 2 heterocycles. The topological polar surface area (TPSA) is 75.2 Å². The Labute approximate surface area is 189 Å². The van der Waals surface area contributed by atoms with Gasteiger partial charge in [-0.3, -0.25) is 4.79 Å². The molecular weight excluding hydrogens is 404 g/mol. The van der Waals surface area contributed by atoms with Crippen LogP contribution < -0.4 is 20.1 Å². The largest absolute Gasteiger partial charge is 0.497 e. The second kappa shape index (κ2) is 10.4. The number of hydrogen-bond donors (Lipinski definition) is 2. The summed E-state index contributed by atoms with van der Waals surface area (Å²) in [6.45, 7) is 5.96. The highest BCUT2D eigenvalue weighted by atomic mass is 16.5. The van der Waals surface area contributed by atoms with Crippen LogP contribution in [0.3, 0.4) is 0 Å². The van der Waals surface area contributed by atoms with Crippen LogP contribution in [0, 0.1) is 0 Å². The number of guanidine groups is 1. The summed E-state index contributed by atoms with van der Waals surface area (Å²) >= 11 is 0. The molecule has 0 spiro atoms. The van der Waals surface area contributed by atoms with E-state index in [1.807, 2.05) is 30.3 Å². The fourth-order valence-corrected chi connectivity index (χ4v) is 4.29. The zero-order valence-corrected chi connectivity index (χ0v) is 18.9. The molecule has 7 nitrogen and oxygen atoms in total. The maximum Gasteiger partial charge on any atom is 0.224 e. The van der Waals surface area contributed by atoms with Crippen molar-refractivity contribution in [3.05, 3.63) is 53.6 Å². The third kappa shape index (κ3) is 5.33. The van der Waals surface area contributed by atoms with Gasteiger partial charge in [0.15, 0.2) is 5.96 Å². The van der Waals surface area contributed by atoms with E-state index in [0.717, 1.165) is 61.2 Å². The van der Waals surface area contributed by atoms with Crippen molar-refractivity contribution >= 4 is 17.6 Å². The number of ether oxygens (including phenoxy) is 2. The third-order valence-corrected chi connectivity index (χ3v) is 6.00. The third-order valence-electron chi connectivity index (χ3n) is 6.00. The van der Waals surface area contributed by atoms with Gasteiger partial charge in [-0.15, -0.1) is 0 Å². The van der Waals surface area contributed by atoms with Crippen LogP contribution in [0.2, 0.25) is 0 Å². The predicted molar refractivity (Wildman–Crippen MR) is 127 cm³/mol. The molecule has 1 saturated heterocycles. The van der Waals surface area contributed by atoms with Crippen molar-refractivity contribution in [2.45, 2.75) is 32.1 Å². The fourth-order valence-electron chi connectivity index (χ4n) is 4.29. The zero-order valence-electron chi connectivity index (χ0n) is 18.9. The molecule has 32 heavy (non-hydrogen) atoms. The average molecular weight is 437 g/mol. The van der Waals surface area contributed by atoms with Gasteiger partial charge in [-0.05, 0) is 61.2 Å². The van der Waals surface area contributed by atoms with E-state index in [-0.39, 0.29) is 5.91 Å². The lowest BCUT2D eigenvalue weighted by Crippen LogP contribution is -2.40. The van der Waals surface area contributed by atoms with E-state index in [1.54, 1.807) is 7.11 Å². The molecule has 2 aliphatic heterocycles. The molecule has 0 saturated carbocycles. The lowest BCUT2D eigenvalue weighted by Gasteiger charge is -2.22. The molecule has 2 aromatic rings. The van der Waals surface area contributed by atoms with Gasteiger partial charge in [0.05, 0.1) is 13.7 Å². The molecular formula is C25H32N4O3. The minimum Gasteiger partial charge on any atom is -0.497 e. The number of amides is 1. The van der Waals surface area contributed by atoms with Crippen molar-refractivity contribution in [3.63, 3.8) is 0 Å². The van der Waals surface area contributed by atoms with Crippen LogP contribution >= 0.6 is 0 Å². The highest BCUT2D eigenvalue weighted by molar-refractivity contribution is 5.94. The Kier molecular flexibility index (Phi) is 7.14. The Morgan fingerprint density at radius 2 is 2.00 bits per heavy atom. The van der Waals surface area contributed by atoms with Crippen molar-refractivity contribution < 1.29 is 14.3 Å². The maximum atomic E-state index is 11.5. The molecule has 170 valence electrons. The molecule has 1 amide bonds. The van der Waals surface area contributed by atoms with E-state index in [4.69, 9.17) is 14.5 Å². The minimum absolute atomic E-state index is 0.0765. The van der Waals surface area contributed by atoms with Crippen LogP contribution in [-0.4, -0.2) is 56.7 Å². The fraction of sp³-hybridized carbons (Fsp3) is 0.440. The van der Waals surface area contributed by atoms with E-state index in [2.05, 4.69) is 34.6 Å². The van der Waals surface area contributed by atoms with Crippen LogP contribution in [0.5, 0.6) is 11.5 Å². The van der Waals surface area contributed by atoms with Crippen molar-refractivity contribution in [3.8, 4) is 11.5 Å². The van der Waals surface area contributed by atoms with Crippen molar-refractivity contribution in [2.24, 2.45) is 4.99 Å². The normalized spacial score (nSPS) is 18.2. The van der Waals surface area contributed by atoms with Gasteiger partial charge in [-0.25, -0.2) is 4.99 Å². The van der Waals surface area contributed by atoms with Crippen LogP contribution in [0.4, 0.5) is 5.69 Å². The van der Waals surface area contributed by atoms with Gasteiger partial charge in [-0.2, -0.15) is 0 Å². The Hall–Kier alpha value is -3.22. The van der Waals surface area contributed by atoms with Gasteiger partial charge >= 0.3 is 0 Å². The van der Waals surface area contributed by atoms with Crippen molar-refractivity contribution in [1.29, 1.82) is 0 Å². The highest BCUT2D eigenvalue weighted by Gasteiger charge is 2.26. The molecule has 2 N–H and O–H groups in total. The number of nitrogens with one attached hydrogen (secondary N) is 2. The summed E-state index contributed by atoms with van der Waals surface area (Å²) in [5.41, 5.74) is 3.36. The van der Waals surface area contributed by atoms with Gasteiger partial charge < -0.3 is 25.0 Å². The Bertz CT molecular complexity index is 958. The lowest BCUT2D eigenvalue weighted by atomic mass is 9.98. The molecule has 7 heteroatoms. The summed E-state index contributed by atoms with van der Waals surface area (Å²) in [5.74, 6) is 3.23. The quantitative estimate of drug-likeness (QED) is 0.395. The van der Waals surface area contributed by atoms with Crippen LogP contribution in [0.1, 0.15) is 36.8 Å². The molecule has 0 radical (unpaired) electrons. The van der Waals surface area contributed by atoms with Crippen molar-refractivity contribution in [1.82, 2.24) is 10.2 Å². The molecule has 1 unspecified atom stereocenters. The Morgan fingerprint density at radius 3 is 2.78 bits per heavy atom. The second-order valence-corrected chi connectivity index (χ2v) is 8.16. The number of aryl methyl sites for hydroxylation is 1. The van der Waals surface area contributed by atoms with Crippen LogP contribution in [0.25, 0.3) is 0 Å². The second-order valence-electron chi connectivity index (χ2n) is 8.16.